The van der Waals surface area contributed by atoms with Crippen molar-refractivity contribution in [1.82, 2.24) is 14.7 Å². The number of hydrogen-bond acceptors (Lipinski definition) is 5. The molecular formula is C37H50N4O3. The van der Waals surface area contributed by atoms with Gasteiger partial charge in [0.2, 0.25) is 5.91 Å². The zero-order chi connectivity index (χ0) is 31.3. The maximum absolute atomic E-state index is 13.9. The van der Waals surface area contributed by atoms with Gasteiger partial charge in [-0.25, -0.2) is 0 Å². The molecule has 0 radical (unpaired) electrons. The van der Waals surface area contributed by atoms with Gasteiger partial charge in [0.15, 0.2) is 0 Å². The molecule has 1 amide bonds. The molecule has 1 aliphatic carbocycles. The smallest absolute Gasteiger partial charge is 0.321 e. The van der Waals surface area contributed by atoms with Gasteiger partial charge >= 0.3 is 5.97 Å². The van der Waals surface area contributed by atoms with Crippen LogP contribution in [0.1, 0.15) is 88.3 Å². The molecule has 7 nitrogen and oxygen atoms in total. The van der Waals surface area contributed by atoms with E-state index in [4.69, 9.17) is 0 Å². The van der Waals surface area contributed by atoms with E-state index in [1.165, 1.54) is 12.0 Å². The highest BCUT2D eigenvalue weighted by Crippen LogP contribution is 2.39. The lowest BCUT2D eigenvalue weighted by molar-refractivity contribution is -0.145. The van der Waals surface area contributed by atoms with Crippen LogP contribution in [0.15, 0.2) is 54.6 Å². The summed E-state index contributed by atoms with van der Waals surface area (Å²) < 4.78 is 0. The van der Waals surface area contributed by atoms with Crippen LogP contribution in [0.3, 0.4) is 0 Å². The van der Waals surface area contributed by atoms with Crippen molar-refractivity contribution in [3.8, 4) is 6.07 Å². The lowest BCUT2D eigenvalue weighted by atomic mass is 9.82. The van der Waals surface area contributed by atoms with Gasteiger partial charge in [0.25, 0.3) is 0 Å². The minimum atomic E-state index is -0.670. The van der Waals surface area contributed by atoms with Gasteiger partial charge in [-0.2, -0.15) is 5.26 Å². The van der Waals surface area contributed by atoms with Gasteiger partial charge in [-0.1, -0.05) is 61.7 Å². The number of likely N-dealkylation sites (N-methyl/N-ethyl adjacent to an activating group) is 1. The molecule has 7 heteroatoms. The number of likely N-dealkylation sites (tertiary alicyclic amines) is 2. The van der Waals surface area contributed by atoms with Crippen molar-refractivity contribution in [1.29, 1.82) is 5.26 Å². The third-order valence-electron chi connectivity index (χ3n) is 10.8. The van der Waals surface area contributed by atoms with Gasteiger partial charge < -0.3 is 14.9 Å². The summed E-state index contributed by atoms with van der Waals surface area (Å²) in [7, 11) is 0. The van der Waals surface area contributed by atoms with Crippen molar-refractivity contribution in [3.63, 3.8) is 0 Å². The molecule has 3 fully saturated rings. The molecule has 236 valence electrons. The first-order valence-electron chi connectivity index (χ1n) is 16.8. The lowest BCUT2D eigenvalue weighted by Crippen LogP contribution is -2.52. The van der Waals surface area contributed by atoms with Crippen molar-refractivity contribution in [2.45, 2.75) is 89.1 Å². The molecule has 2 aromatic rings. The molecule has 0 spiro atoms. The molecule has 2 aliphatic heterocycles. The number of nitrogens with zero attached hydrogens (tertiary/aromatic N) is 4. The molecular weight excluding hydrogens is 548 g/mol. The minimum Gasteiger partial charge on any atom is -0.480 e. The van der Waals surface area contributed by atoms with E-state index < -0.39 is 11.4 Å². The fourth-order valence-electron chi connectivity index (χ4n) is 8.26. The first kappa shape index (κ1) is 32.2. The first-order valence-corrected chi connectivity index (χ1v) is 16.8. The van der Waals surface area contributed by atoms with E-state index in [2.05, 4.69) is 58.0 Å². The predicted octanol–water partition coefficient (Wildman–Crippen LogP) is 5.90. The molecule has 0 bridgehead atoms. The van der Waals surface area contributed by atoms with E-state index >= 15 is 0 Å². The average molecular weight is 599 g/mol. The van der Waals surface area contributed by atoms with Crippen LogP contribution in [0, 0.1) is 23.2 Å². The molecule has 1 saturated carbocycles. The molecule has 3 atom stereocenters. The van der Waals surface area contributed by atoms with Gasteiger partial charge in [-0.3, -0.25) is 14.5 Å². The SMILES string of the molecule is CCN(C(=O)C(C)(C)c1ccc(C#N)cc1)C1CCN(CC2CN(C(C(=O)O)C3CCCCC3)CC2c2ccccc2)CC1. The molecule has 0 aromatic heterocycles. The summed E-state index contributed by atoms with van der Waals surface area (Å²) in [6.07, 6.45) is 7.44. The second-order valence-electron chi connectivity index (χ2n) is 13.8. The highest BCUT2D eigenvalue weighted by molar-refractivity contribution is 5.87. The number of nitriles is 1. The van der Waals surface area contributed by atoms with E-state index in [-0.39, 0.29) is 23.9 Å². The topological polar surface area (TPSA) is 87.9 Å². The van der Waals surface area contributed by atoms with E-state index in [0.29, 0.717) is 23.9 Å². The summed E-state index contributed by atoms with van der Waals surface area (Å²) in [6.45, 7) is 11.2. The number of hydrogen-bond donors (Lipinski definition) is 1. The van der Waals surface area contributed by atoms with Crippen molar-refractivity contribution >= 4 is 11.9 Å². The maximum Gasteiger partial charge on any atom is 0.321 e. The Bertz CT molecular complexity index is 1290. The highest BCUT2D eigenvalue weighted by Gasteiger charge is 2.44. The zero-order valence-electron chi connectivity index (χ0n) is 26.8. The van der Waals surface area contributed by atoms with Crippen LogP contribution < -0.4 is 0 Å². The Hall–Kier alpha value is -3.21. The molecule has 3 unspecified atom stereocenters. The quantitative estimate of drug-likeness (QED) is 0.367. The van der Waals surface area contributed by atoms with E-state index in [1.807, 2.05) is 26.0 Å². The van der Waals surface area contributed by atoms with Gasteiger partial charge in [0.05, 0.1) is 17.0 Å². The molecule has 2 aromatic carbocycles. The predicted molar refractivity (Wildman–Crippen MR) is 173 cm³/mol. The number of benzene rings is 2. The second-order valence-corrected chi connectivity index (χ2v) is 13.8. The number of rotatable bonds is 10. The van der Waals surface area contributed by atoms with Crippen LogP contribution in [0.2, 0.25) is 0 Å². The number of carboxylic acid groups (broad SMARTS) is 1. The van der Waals surface area contributed by atoms with E-state index in [0.717, 1.165) is 76.8 Å². The van der Waals surface area contributed by atoms with Crippen LogP contribution >= 0.6 is 0 Å². The molecule has 2 saturated heterocycles. The summed E-state index contributed by atoms with van der Waals surface area (Å²) in [5.74, 6) is 0.428. The number of carbonyl (C=O) groups is 2. The summed E-state index contributed by atoms with van der Waals surface area (Å²) >= 11 is 0. The maximum atomic E-state index is 13.9. The van der Waals surface area contributed by atoms with Gasteiger partial charge in [0, 0.05) is 51.2 Å². The fraction of sp³-hybridized carbons (Fsp3) is 0.595. The average Bonchev–Trinajstić information content (AvgIpc) is 3.45. The Morgan fingerprint density at radius 2 is 1.64 bits per heavy atom. The summed E-state index contributed by atoms with van der Waals surface area (Å²) in [5.41, 5.74) is 2.18. The Morgan fingerprint density at radius 3 is 2.23 bits per heavy atom. The summed E-state index contributed by atoms with van der Waals surface area (Å²) in [4.78, 5) is 33.4. The van der Waals surface area contributed by atoms with Gasteiger partial charge in [0.1, 0.15) is 6.04 Å². The zero-order valence-corrected chi connectivity index (χ0v) is 26.8. The second kappa shape index (κ2) is 14.3. The molecule has 44 heavy (non-hydrogen) atoms. The Kier molecular flexibility index (Phi) is 10.4. The molecule has 1 N–H and O–H groups in total. The largest absolute Gasteiger partial charge is 0.480 e. The summed E-state index contributed by atoms with van der Waals surface area (Å²) in [6, 6.07) is 20.1. The Balaban J connectivity index is 1.24. The monoisotopic (exact) mass is 598 g/mol. The van der Waals surface area contributed by atoms with Crippen LogP contribution in [0.25, 0.3) is 0 Å². The third-order valence-corrected chi connectivity index (χ3v) is 10.8. The molecule has 5 rings (SSSR count). The Morgan fingerprint density at radius 1 is 0.977 bits per heavy atom. The van der Waals surface area contributed by atoms with Crippen LogP contribution in [0.5, 0.6) is 0 Å². The standard InChI is InChI=1S/C37H50N4O3/c1-4-41(36(44)37(2,3)31-17-15-27(23-38)16-18-31)32-19-21-39(22-20-32)24-30-25-40(26-33(30)28-11-7-5-8-12-28)34(35(42)43)29-13-9-6-10-14-29/h5,7-8,11-12,15-18,29-30,32-34H,4,6,9-10,13-14,19-22,24-26H2,1-3H3,(H,42,43). The van der Waals surface area contributed by atoms with Crippen LogP contribution in [-0.4, -0.2) is 83.0 Å². The number of piperidine rings is 1. The van der Waals surface area contributed by atoms with Crippen molar-refractivity contribution in [2.75, 3.05) is 39.3 Å². The van der Waals surface area contributed by atoms with Crippen molar-refractivity contribution in [2.24, 2.45) is 11.8 Å². The highest BCUT2D eigenvalue weighted by atomic mass is 16.4. The minimum absolute atomic E-state index is 0.140. The normalized spacial score (nSPS) is 23.2. The van der Waals surface area contributed by atoms with E-state index in [9.17, 15) is 20.0 Å². The number of carboxylic acids is 1. The molecule has 3 aliphatic rings. The number of amides is 1. The molecule has 2 heterocycles. The number of carbonyl (C=O) groups excluding carboxylic acids is 1. The van der Waals surface area contributed by atoms with Crippen LogP contribution in [-0.2, 0) is 15.0 Å². The first-order chi connectivity index (χ1) is 21.2. The Labute approximate surface area is 263 Å². The number of aliphatic carboxylic acids is 1. The third kappa shape index (κ3) is 7.03. The summed E-state index contributed by atoms with van der Waals surface area (Å²) in [5, 5.41) is 19.5. The lowest BCUT2D eigenvalue weighted by Gasteiger charge is -2.42. The fourth-order valence-corrected chi connectivity index (χ4v) is 8.26. The van der Waals surface area contributed by atoms with Crippen molar-refractivity contribution in [3.05, 3.63) is 71.3 Å². The van der Waals surface area contributed by atoms with Gasteiger partial charge in [-0.05, 0) is 81.5 Å². The van der Waals surface area contributed by atoms with Gasteiger partial charge in [-0.15, -0.1) is 0 Å². The van der Waals surface area contributed by atoms with E-state index in [1.54, 1.807) is 12.1 Å². The van der Waals surface area contributed by atoms with Crippen LogP contribution in [0.4, 0.5) is 0 Å². The van der Waals surface area contributed by atoms with Crippen molar-refractivity contribution < 1.29 is 14.7 Å².